The summed E-state index contributed by atoms with van der Waals surface area (Å²) in [6.07, 6.45) is 2.49. The van der Waals surface area contributed by atoms with Crippen molar-refractivity contribution >= 4 is 11.7 Å². The minimum atomic E-state index is 0.0702. The number of rotatable bonds is 5. The third kappa shape index (κ3) is 4.26. The van der Waals surface area contributed by atoms with E-state index < -0.39 is 0 Å². The van der Waals surface area contributed by atoms with E-state index in [0.717, 1.165) is 35.7 Å². The van der Waals surface area contributed by atoms with Crippen molar-refractivity contribution in [3.63, 3.8) is 0 Å². The molecule has 1 atom stereocenters. The number of benzene rings is 1. The Kier molecular flexibility index (Phi) is 5.51. The van der Waals surface area contributed by atoms with Gasteiger partial charge in [0.1, 0.15) is 11.5 Å². The summed E-state index contributed by atoms with van der Waals surface area (Å²) in [6.45, 7) is 5.78. The fourth-order valence-electron chi connectivity index (χ4n) is 3.60. The van der Waals surface area contributed by atoms with E-state index in [9.17, 15) is 4.79 Å². The lowest BCUT2D eigenvalue weighted by atomic mass is 10.0. The molecule has 0 fully saturated rings. The number of carbonyl (C=O) groups is 1. The molecule has 0 radical (unpaired) electrons. The quantitative estimate of drug-likeness (QED) is 0.723. The first-order valence-electron chi connectivity index (χ1n) is 9.97. The van der Waals surface area contributed by atoms with Gasteiger partial charge in [0.05, 0.1) is 12.2 Å². The molecular formula is C23H25N5O. The van der Waals surface area contributed by atoms with Crippen LogP contribution in [0.2, 0.25) is 0 Å². The fourth-order valence-corrected chi connectivity index (χ4v) is 3.60. The van der Waals surface area contributed by atoms with Crippen LogP contribution in [0.3, 0.4) is 0 Å². The van der Waals surface area contributed by atoms with Crippen molar-refractivity contribution in [2.45, 2.75) is 32.7 Å². The Morgan fingerprint density at radius 2 is 1.93 bits per heavy atom. The van der Waals surface area contributed by atoms with E-state index in [2.05, 4.69) is 41.5 Å². The van der Waals surface area contributed by atoms with E-state index >= 15 is 0 Å². The van der Waals surface area contributed by atoms with Gasteiger partial charge in [-0.2, -0.15) is 0 Å². The van der Waals surface area contributed by atoms with Gasteiger partial charge in [-0.05, 0) is 30.0 Å². The van der Waals surface area contributed by atoms with Gasteiger partial charge in [0.2, 0.25) is 5.91 Å². The second-order valence-electron chi connectivity index (χ2n) is 7.42. The molecule has 148 valence electrons. The molecule has 0 bridgehead atoms. The van der Waals surface area contributed by atoms with Crippen molar-refractivity contribution in [1.29, 1.82) is 0 Å². The molecule has 2 aromatic heterocycles. The van der Waals surface area contributed by atoms with E-state index in [0.29, 0.717) is 24.8 Å². The lowest BCUT2D eigenvalue weighted by Gasteiger charge is -2.29. The summed E-state index contributed by atoms with van der Waals surface area (Å²) in [4.78, 5) is 27.7. The predicted octanol–water partition coefficient (Wildman–Crippen LogP) is 3.66. The van der Waals surface area contributed by atoms with Gasteiger partial charge in [-0.15, -0.1) is 0 Å². The minimum Gasteiger partial charge on any atom is -0.369 e. The zero-order chi connectivity index (χ0) is 20.2. The summed E-state index contributed by atoms with van der Waals surface area (Å²) < 4.78 is 0. The van der Waals surface area contributed by atoms with Gasteiger partial charge in [-0.1, -0.05) is 43.3 Å². The summed E-state index contributed by atoms with van der Waals surface area (Å²) in [5, 5.41) is 3.54. The number of pyridine rings is 1. The van der Waals surface area contributed by atoms with Crippen molar-refractivity contribution in [3.8, 4) is 11.5 Å². The van der Waals surface area contributed by atoms with Crippen molar-refractivity contribution in [1.82, 2.24) is 19.9 Å². The fraction of sp³-hybridized carbons (Fsp3) is 0.304. The molecule has 1 amide bonds. The number of fused-ring (bicyclic) bond motifs is 1. The van der Waals surface area contributed by atoms with Gasteiger partial charge in [0.25, 0.3) is 0 Å². The Hall–Kier alpha value is -3.28. The zero-order valence-corrected chi connectivity index (χ0v) is 16.8. The number of carbonyl (C=O) groups excluding carboxylic acids is 1. The van der Waals surface area contributed by atoms with Gasteiger partial charge in [0.15, 0.2) is 5.82 Å². The number of amides is 1. The van der Waals surface area contributed by atoms with Crippen LogP contribution in [-0.4, -0.2) is 38.8 Å². The Morgan fingerprint density at radius 1 is 1.14 bits per heavy atom. The largest absolute Gasteiger partial charge is 0.369 e. The number of hydrogen-bond donors (Lipinski definition) is 1. The Morgan fingerprint density at radius 3 is 2.66 bits per heavy atom. The lowest BCUT2D eigenvalue weighted by molar-refractivity contribution is -0.129. The number of nitrogens with zero attached hydrogens (tertiary/aromatic N) is 4. The van der Waals surface area contributed by atoms with Gasteiger partial charge >= 0.3 is 0 Å². The smallest absolute Gasteiger partial charge is 0.219 e. The maximum absolute atomic E-state index is 11.9. The first kappa shape index (κ1) is 19.1. The van der Waals surface area contributed by atoms with Gasteiger partial charge in [-0.3, -0.25) is 9.78 Å². The second kappa shape index (κ2) is 8.39. The van der Waals surface area contributed by atoms with Crippen LogP contribution < -0.4 is 5.32 Å². The first-order chi connectivity index (χ1) is 14.1. The molecule has 0 saturated carbocycles. The van der Waals surface area contributed by atoms with Crippen LogP contribution in [-0.2, 0) is 17.8 Å². The molecule has 1 aromatic carbocycles. The molecule has 1 aliphatic rings. The number of hydrogen-bond acceptors (Lipinski definition) is 5. The van der Waals surface area contributed by atoms with E-state index in [-0.39, 0.29) is 5.91 Å². The normalized spacial score (nSPS) is 14.2. The highest BCUT2D eigenvalue weighted by Crippen LogP contribution is 2.27. The molecule has 1 aliphatic heterocycles. The van der Waals surface area contributed by atoms with Crippen LogP contribution in [0.4, 0.5) is 5.82 Å². The highest BCUT2D eigenvalue weighted by Gasteiger charge is 2.24. The highest BCUT2D eigenvalue weighted by molar-refractivity contribution is 5.74. The van der Waals surface area contributed by atoms with Gasteiger partial charge in [-0.25, -0.2) is 9.97 Å². The van der Waals surface area contributed by atoms with Crippen LogP contribution in [0.1, 0.15) is 36.6 Å². The van der Waals surface area contributed by atoms with Crippen LogP contribution in [0, 0.1) is 0 Å². The highest BCUT2D eigenvalue weighted by atomic mass is 16.2. The van der Waals surface area contributed by atoms with Crippen LogP contribution in [0.25, 0.3) is 11.5 Å². The summed E-state index contributed by atoms with van der Waals surface area (Å²) in [5.74, 6) is 1.85. The zero-order valence-electron chi connectivity index (χ0n) is 16.8. The topological polar surface area (TPSA) is 71.0 Å². The summed E-state index contributed by atoms with van der Waals surface area (Å²) in [6, 6.07) is 16.2. The SMILES string of the molecule is CC(=O)N1CCc2c(nc(-c3ccccn3)nc2NC[C@H](C)c2ccccc2)C1. The molecule has 4 rings (SSSR count). The Labute approximate surface area is 171 Å². The molecule has 29 heavy (non-hydrogen) atoms. The van der Waals surface area contributed by atoms with Crippen molar-refractivity contribution in [2.75, 3.05) is 18.4 Å². The summed E-state index contributed by atoms with van der Waals surface area (Å²) >= 11 is 0. The standard InChI is InChI=1S/C23H25N5O/c1-16(18-8-4-3-5-9-18)14-25-22-19-11-13-28(17(2)29)15-21(19)26-23(27-22)20-10-6-7-12-24-20/h3-10,12,16H,11,13-15H2,1-2H3,(H,25,26,27)/t16-/m0/s1. The molecule has 3 aromatic rings. The molecule has 0 spiro atoms. The Bertz CT molecular complexity index is 991. The van der Waals surface area contributed by atoms with Crippen molar-refractivity contribution in [2.24, 2.45) is 0 Å². The van der Waals surface area contributed by atoms with E-state index in [1.807, 2.05) is 29.2 Å². The molecule has 3 heterocycles. The summed E-state index contributed by atoms with van der Waals surface area (Å²) in [7, 11) is 0. The van der Waals surface area contributed by atoms with E-state index in [1.54, 1.807) is 13.1 Å². The average molecular weight is 387 g/mol. The van der Waals surface area contributed by atoms with Gasteiger partial charge in [0, 0.05) is 31.8 Å². The maximum atomic E-state index is 11.9. The third-order valence-electron chi connectivity index (χ3n) is 5.35. The third-order valence-corrected chi connectivity index (χ3v) is 5.35. The Balaban J connectivity index is 1.65. The first-order valence-corrected chi connectivity index (χ1v) is 9.97. The number of nitrogens with one attached hydrogen (secondary N) is 1. The lowest BCUT2D eigenvalue weighted by Crippen LogP contribution is -2.35. The van der Waals surface area contributed by atoms with Gasteiger partial charge < -0.3 is 10.2 Å². The predicted molar refractivity (Wildman–Crippen MR) is 113 cm³/mol. The van der Waals surface area contributed by atoms with Crippen molar-refractivity contribution in [3.05, 3.63) is 71.5 Å². The van der Waals surface area contributed by atoms with Crippen molar-refractivity contribution < 1.29 is 4.79 Å². The van der Waals surface area contributed by atoms with Crippen LogP contribution >= 0.6 is 0 Å². The molecule has 0 saturated heterocycles. The number of anilines is 1. The van der Waals surface area contributed by atoms with Crippen LogP contribution in [0.5, 0.6) is 0 Å². The maximum Gasteiger partial charge on any atom is 0.219 e. The van der Waals surface area contributed by atoms with E-state index in [4.69, 9.17) is 9.97 Å². The molecule has 6 heteroatoms. The monoisotopic (exact) mass is 387 g/mol. The summed E-state index contributed by atoms with van der Waals surface area (Å²) in [5.41, 5.74) is 4.02. The molecule has 0 unspecified atom stereocenters. The molecule has 1 N–H and O–H groups in total. The number of aromatic nitrogens is 3. The second-order valence-corrected chi connectivity index (χ2v) is 7.42. The average Bonchev–Trinajstić information content (AvgIpc) is 2.77. The van der Waals surface area contributed by atoms with E-state index in [1.165, 1.54) is 5.56 Å². The molecule has 0 aliphatic carbocycles. The molecular weight excluding hydrogens is 362 g/mol. The van der Waals surface area contributed by atoms with Crippen LogP contribution in [0.15, 0.2) is 54.7 Å². The minimum absolute atomic E-state index is 0.0702. The molecule has 6 nitrogen and oxygen atoms in total.